The fraction of sp³-hybridized carbons (Fsp3) is 0.217. The molecule has 0 saturated heterocycles. The number of aromatic hydroxyl groups is 1. The van der Waals surface area contributed by atoms with E-state index in [1.54, 1.807) is 0 Å². The lowest BCUT2D eigenvalue weighted by Crippen LogP contribution is -1.93. The fourth-order valence-corrected chi connectivity index (χ4v) is 4.06. The van der Waals surface area contributed by atoms with Crippen molar-refractivity contribution in [2.45, 2.75) is 32.6 Å². The molecule has 2 heterocycles. The van der Waals surface area contributed by atoms with Crippen LogP contribution in [0.15, 0.2) is 63.8 Å². The molecule has 2 N–H and O–H groups in total. The van der Waals surface area contributed by atoms with E-state index in [-0.39, 0.29) is 10.8 Å². The summed E-state index contributed by atoms with van der Waals surface area (Å²) in [5, 5.41) is 9.71. The van der Waals surface area contributed by atoms with E-state index in [1.807, 2.05) is 49.4 Å². The minimum absolute atomic E-state index is 0.0260. The Kier molecular flexibility index (Phi) is 5.62. The first-order valence-electron chi connectivity index (χ1n) is 9.59. The van der Waals surface area contributed by atoms with Gasteiger partial charge in [0.15, 0.2) is 0 Å². The second-order valence-electron chi connectivity index (χ2n) is 7.02. The molecule has 0 aliphatic carbocycles. The van der Waals surface area contributed by atoms with E-state index in [1.165, 1.54) is 5.56 Å². The smallest absolute Gasteiger partial charge is 0.307 e. The van der Waals surface area contributed by atoms with Gasteiger partial charge in [0.05, 0.1) is 10.6 Å². The van der Waals surface area contributed by atoms with Gasteiger partial charge in [-0.25, -0.2) is 4.98 Å². The highest BCUT2D eigenvalue weighted by atomic mass is 32.1. The molecule has 2 aromatic carbocycles. The van der Waals surface area contributed by atoms with Crippen LogP contribution in [0.5, 0.6) is 5.88 Å². The third-order valence-corrected chi connectivity index (χ3v) is 5.75. The molecule has 0 aliphatic heterocycles. The zero-order chi connectivity index (χ0) is 20.2. The molecule has 0 bridgehead atoms. The number of oxazole rings is 1. The molecular weight excluding hydrogens is 384 g/mol. The number of hydrogen-bond donors (Lipinski definition) is 2. The van der Waals surface area contributed by atoms with E-state index < -0.39 is 0 Å². The van der Waals surface area contributed by atoms with Gasteiger partial charge in [-0.05, 0) is 49.4 Å². The van der Waals surface area contributed by atoms with Crippen LogP contribution in [-0.2, 0) is 19.3 Å². The molecule has 29 heavy (non-hydrogen) atoms. The normalized spacial score (nSPS) is 11.1. The Morgan fingerprint density at radius 2 is 1.76 bits per heavy atom. The largest absolute Gasteiger partial charge is 0.494 e. The first-order valence-corrected chi connectivity index (χ1v) is 10.4. The van der Waals surface area contributed by atoms with Crippen molar-refractivity contribution in [3.63, 3.8) is 0 Å². The lowest BCUT2D eigenvalue weighted by molar-refractivity contribution is 0.451. The van der Waals surface area contributed by atoms with Gasteiger partial charge in [0.25, 0.3) is 0 Å². The third kappa shape index (κ3) is 4.66. The molecule has 6 heteroatoms. The number of nitrogens with one attached hydrogen (secondary N) is 1. The summed E-state index contributed by atoms with van der Waals surface area (Å²) in [5.41, 5.74) is 4.33. The number of aromatic amines is 1. The Balaban J connectivity index is 1.33. The lowest BCUT2D eigenvalue weighted by Gasteiger charge is -2.04. The van der Waals surface area contributed by atoms with E-state index in [2.05, 4.69) is 22.1 Å². The fourth-order valence-electron chi connectivity index (χ4n) is 3.31. The van der Waals surface area contributed by atoms with Crippen molar-refractivity contribution in [2.75, 3.05) is 0 Å². The SMILES string of the molecule is Cc1oc(-c2ccccc2)nc1CCCc1ccc(Cc2sc(=O)[nH]c2O)cc1. The maximum atomic E-state index is 11.3. The van der Waals surface area contributed by atoms with E-state index in [4.69, 9.17) is 4.42 Å². The van der Waals surface area contributed by atoms with Gasteiger partial charge in [0.2, 0.25) is 11.8 Å². The van der Waals surface area contributed by atoms with E-state index in [9.17, 15) is 9.90 Å². The number of nitrogens with zero attached hydrogens (tertiary/aromatic N) is 1. The van der Waals surface area contributed by atoms with Gasteiger partial charge < -0.3 is 9.52 Å². The van der Waals surface area contributed by atoms with Crippen LogP contribution in [0.1, 0.15) is 33.9 Å². The number of thiazole rings is 1. The summed E-state index contributed by atoms with van der Waals surface area (Å²) in [6.45, 7) is 1.97. The predicted octanol–water partition coefficient (Wildman–Crippen LogP) is 4.87. The van der Waals surface area contributed by atoms with Crippen molar-refractivity contribution in [1.82, 2.24) is 9.97 Å². The van der Waals surface area contributed by atoms with Gasteiger partial charge in [-0.3, -0.25) is 9.78 Å². The molecule has 0 saturated carbocycles. The molecule has 4 aromatic rings. The van der Waals surface area contributed by atoms with Crippen LogP contribution >= 0.6 is 11.3 Å². The predicted molar refractivity (Wildman–Crippen MR) is 115 cm³/mol. The number of aromatic nitrogens is 2. The molecule has 0 spiro atoms. The number of H-pyrrole nitrogens is 1. The standard InChI is InChI=1S/C23H22N2O3S/c1-15-19(24-22(28-15)18-7-3-2-4-8-18)9-5-6-16-10-12-17(13-11-16)14-20-21(26)25-23(27)29-20/h2-4,7-8,10-13,26H,5-6,9,14H2,1H3,(H,25,27). The van der Waals surface area contributed by atoms with Gasteiger partial charge in [-0.15, -0.1) is 0 Å². The van der Waals surface area contributed by atoms with E-state index >= 15 is 0 Å². The molecule has 4 rings (SSSR count). The first kappa shape index (κ1) is 19.2. The van der Waals surface area contributed by atoms with E-state index in [0.29, 0.717) is 17.2 Å². The minimum Gasteiger partial charge on any atom is -0.494 e. The van der Waals surface area contributed by atoms with Gasteiger partial charge in [0, 0.05) is 12.0 Å². The Morgan fingerprint density at radius 1 is 1.03 bits per heavy atom. The molecule has 0 unspecified atom stereocenters. The molecular formula is C23H22N2O3S. The zero-order valence-corrected chi connectivity index (χ0v) is 17.0. The highest BCUT2D eigenvalue weighted by molar-refractivity contribution is 7.09. The maximum absolute atomic E-state index is 11.3. The molecule has 148 valence electrons. The number of aryl methyl sites for hydroxylation is 3. The number of benzene rings is 2. The minimum atomic E-state index is -0.229. The Labute approximate surface area is 172 Å². The molecule has 0 atom stereocenters. The molecule has 0 fully saturated rings. The quantitative estimate of drug-likeness (QED) is 0.459. The number of hydrogen-bond acceptors (Lipinski definition) is 5. The molecule has 0 aliphatic rings. The first-order chi connectivity index (χ1) is 14.1. The maximum Gasteiger partial charge on any atom is 0.307 e. The Hall–Kier alpha value is -3.12. The van der Waals surface area contributed by atoms with Crippen molar-refractivity contribution in [1.29, 1.82) is 0 Å². The highest BCUT2D eigenvalue weighted by Gasteiger charge is 2.11. The summed E-state index contributed by atoms with van der Waals surface area (Å²) in [6, 6.07) is 18.3. The van der Waals surface area contributed by atoms with Gasteiger partial charge in [-0.1, -0.05) is 53.8 Å². The lowest BCUT2D eigenvalue weighted by atomic mass is 10.0. The van der Waals surface area contributed by atoms with Crippen molar-refractivity contribution in [3.05, 3.63) is 91.7 Å². The van der Waals surface area contributed by atoms with Gasteiger partial charge >= 0.3 is 4.87 Å². The summed E-state index contributed by atoms with van der Waals surface area (Å²) >= 11 is 1.05. The summed E-state index contributed by atoms with van der Waals surface area (Å²) in [7, 11) is 0. The van der Waals surface area contributed by atoms with Crippen molar-refractivity contribution < 1.29 is 9.52 Å². The average molecular weight is 407 g/mol. The third-order valence-electron chi connectivity index (χ3n) is 4.88. The zero-order valence-electron chi connectivity index (χ0n) is 16.1. The van der Waals surface area contributed by atoms with Crippen molar-refractivity contribution in [3.8, 4) is 17.3 Å². The molecule has 0 radical (unpaired) electrons. The van der Waals surface area contributed by atoms with Crippen molar-refractivity contribution >= 4 is 11.3 Å². The molecule has 2 aromatic heterocycles. The highest BCUT2D eigenvalue weighted by Crippen LogP contribution is 2.23. The molecule has 5 nitrogen and oxygen atoms in total. The Morgan fingerprint density at radius 3 is 2.45 bits per heavy atom. The van der Waals surface area contributed by atoms with Crippen LogP contribution in [0.4, 0.5) is 0 Å². The van der Waals surface area contributed by atoms with Crippen LogP contribution < -0.4 is 4.87 Å². The second-order valence-corrected chi connectivity index (χ2v) is 8.09. The van der Waals surface area contributed by atoms with Crippen molar-refractivity contribution in [2.24, 2.45) is 0 Å². The number of rotatable bonds is 7. The van der Waals surface area contributed by atoms with Crippen LogP contribution in [0.2, 0.25) is 0 Å². The summed E-state index contributed by atoms with van der Waals surface area (Å²) < 4.78 is 5.83. The van der Waals surface area contributed by atoms with Gasteiger partial charge in [-0.2, -0.15) is 0 Å². The summed E-state index contributed by atoms with van der Waals surface area (Å²) in [4.78, 5) is 18.8. The van der Waals surface area contributed by atoms with Crippen LogP contribution in [-0.4, -0.2) is 15.1 Å². The molecule has 0 amide bonds. The van der Waals surface area contributed by atoms with Gasteiger partial charge in [0.1, 0.15) is 5.76 Å². The summed E-state index contributed by atoms with van der Waals surface area (Å²) in [5.74, 6) is 1.53. The monoisotopic (exact) mass is 406 g/mol. The second kappa shape index (κ2) is 8.49. The van der Waals surface area contributed by atoms with Crippen LogP contribution in [0.25, 0.3) is 11.5 Å². The topological polar surface area (TPSA) is 79.1 Å². The van der Waals surface area contributed by atoms with Crippen LogP contribution in [0, 0.1) is 6.92 Å². The van der Waals surface area contributed by atoms with Crippen LogP contribution in [0.3, 0.4) is 0 Å². The van der Waals surface area contributed by atoms with E-state index in [0.717, 1.165) is 53.2 Å². The summed E-state index contributed by atoms with van der Waals surface area (Å²) in [6.07, 6.45) is 3.36. The average Bonchev–Trinajstić information content (AvgIpc) is 3.25. The Bertz CT molecular complexity index is 1140.